The first-order valence-electron chi connectivity index (χ1n) is 8.23. The summed E-state index contributed by atoms with van der Waals surface area (Å²) in [6.07, 6.45) is 0. The van der Waals surface area contributed by atoms with E-state index in [-0.39, 0.29) is 35.6 Å². The maximum absolute atomic E-state index is 12.2. The minimum atomic E-state index is -0.356. The molecule has 1 atom stereocenters. The van der Waals surface area contributed by atoms with E-state index < -0.39 is 0 Å². The average Bonchev–Trinajstić information content (AvgIpc) is 2.61. The zero-order chi connectivity index (χ0) is 18.4. The molecule has 0 unspecified atom stereocenters. The Balaban J connectivity index is 1.89. The molecule has 0 aliphatic carbocycles. The standard InChI is InChI=1S/C20H24N2O3/c1-14(20(2,3)16-7-5-4-6-8-16)22-18(24)13-21-19(25)15-9-11-17(23)12-10-15/h4-12,14,23H,13H2,1-3H3,(H,21,25)(H,22,24)/t14-/m0/s1. The lowest BCUT2D eigenvalue weighted by Gasteiger charge is -2.33. The highest BCUT2D eigenvalue weighted by molar-refractivity contribution is 5.96. The Hall–Kier alpha value is -2.82. The van der Waals surface area contributed by atoms with Crippen molar-refractivity contribution in [1.29, 1.82) is 0 Å². The smallest absolute Gasteiger partial charge is 0.251 e. The lowest BCUT2D eigenvalue weighted by molar-refractivity contribution is -0.121. The maximum Gasteiger partial charge on any atom is 0.251 e. The molecular weight excluding hydrogens is 316 g/mol. The SMILES string of the molecule is C[C@H](NC(=O)CNC(=O)c1ccc(O)cc1)C(C)(C)c1ccccc1. The monoisotopic (exact) mass is 340 g/mol. The van der Waals surface area contributed by atoms with Crippen molar-refractivity contribution in [1.82, 2.24) is 10.6 Å². The zero-order valence-electron chi connectivity index (χ0n) is 14.7. The number of hydrogen-bond donors (Lipinski definition) is 3. The highest BCUT2D eigenvalue weighted by Gasteiger charge is 2.28. The van der Waals surface area contributed by atoms with Gasteiger partial charge in [0.15, 0.2) is 0 Å². The van der Waals surface area contributed by atoms with E-state index in [2.05, 4.69) is 24.5 Å². The molecule has 2 rings (SSSR count). The third kappa shape index (κ3) is 4.83. The number of hydrogen-bond acceptors (Lipinski definition) is 3. The summed E-state index contributed by atoms with van der Waals surface area (Å²) >= 11 is 0. The fourth-order valence-electron chi connectivity index (χ4n) is 2.47. The first-order valence-corrected chi connectivity index (χ1v) is 8.23. The van der Waals surface area contributed by atoms with Crippen LogP contribution in [0.15, 0.2) is 54.6 Å². The molecule has 5 heteroatoms. The van der Waals surface area contributed by atoms with Gasteiger partial charge in [0.2, 0.25) is 5.91 Å². The van der Waals surface area contributed by atoms with Crippen LogP contribution in [0.3, 0.4) is 0 Å². The number of phenolic OH excluding ortho intramolecular Hbond substituents is 1. The number of benzene rings is 2. The minimum absolute atomic E-state index is 0.0891. The molecule has 2 amide bonds. The molecule has 0 heterocycles. The van der Waals surface area contributed by atoms with Gasteiger partial charge in [0.05, 0.1) is 6.54 Å². The molecule has 0 aliphatic rings. The first-order chi connectivity index (χ1) is 11.8. The summed E-state index contributed by atoms with van der Waals surface area (Å²) in [6, 6.07) is 15.7. The molecular formula is C20H24N2O3. The number of phenols is 1. The van der Waals surface area contributed by atoms with E-state index >= 15 is 0 Å². The van der Waals surface area contributed by atoms with E-state index in [0.29, 0.717) is 5.56 Å². The average molecular weight is 340 g/mol. The number of amides is 2. The Morgan fingerprint density at radius 2 is 1.64 bits per heavy atom. The zero-order valence-corrected chi connectivity index (χ0v) is 14.7. The van der Waals surface area contributed by atoms with Gasteiger partial charge in [0, 0.05) is 17.0 Å². The Morgan fingerprint density at radius 3 is 2.24 bits per heavy atom. The van der Waals surface area contributed by atoms with Gasteiger partial charge in [0.1, 0.15) is 5.75 Å². The van der Waals surface area contributed by atoms with Gasteiger partial charge in [-0.1, -0.05) is 44.2 Å². The van der Waals surface area contributed by atoms with Crippen LogP contribution in [-0.2, 0) is 10.2 Å². The van der Waals surface area contributed by atoms with Crippen LogP contribution in [0.1, 0.15) is 36.7 Å². The van der Waals surface area contributed by atoms with Gasteiger partial charge in [-0.05, 0) is 36.8 Å². The maximum atomic E-state index is 12.2. The minimum Gasteiger partial charge on any atom is -0.508 e. The number of carbonyl (C=O) groups is 2. The van der Waals surface area contributed by atoms with Crippen LogP contribution >= 0.6 is 0 Å². The molecule has 0 radical (unpaired) electrons. The van der Waals surface area contributed by atoms with Crippen molar-refractivity contribution in [3.8, 4) is 5.75 Å². The van der Waals surface area contributed by atoms with E-state index in [1.54, 1.807) is 0 Å². The van der Waals surface area contributed by atoms with E-state index in [0.717, 1.165) is 5.56 Å². The van der Waals surface area contributed by atoms with Gasteiger partial charge in [-0.2, -0.15) is 0 Å². The summed E-state index contributed by atoms with van der Waals surface area (Å²) in [5.41, 5.74) is 1.29. The summed E-state index contributed by atoms with van der Waals surface area (Å²) in [4.78, 5) is 24.1. The Bertz CT molecular complexity index is 724. The van der Waals surface area contributed by atoms with Crippen molar-refractivity contribution in [2.75, 3.05) is 6.54 Å². The lowest BCUT2D eigenvalue weighted by atomic mass is 9.78. The van der Waals surface area contributed by atoms with Crippen LogP contribution in [0, 0.1) is 0 Å². The summed E-state index contributed by atoms with van der Waals surface area (Å²) in [7, 11) is 0. The van der Waals surface area contributed by atoms with Crippen molar-refractivity contribution in [2.24, 2.45) is 0 Å². The molecule has 25 heavy (non-hydrogen) atoms. The molecule has 0 bridgehead atoms. The molecule has 0 saturated carbocycles. The third-order valence-corrected chi connectivity index (χ3v) is 4.52. The van der Waals surface area contributed by atoms with Crippen LogP contribution < -0.4 is 10.6 Å². The van der Waals surface area contributed by atoms with Gasteiger partial charge in [-0.15, -0.1) is 0 Å². The number of rotatable bonds is 6. The van der Waals surface area contributed by atoms with E-state index in [1.807, 2.05) is 37.3 Å². The van der Waals surface area contributed by atoms with Crippen LogP contribution in [0.5, 0.6) is 5.75 Å². The van der Waals surface area contributed by atoms with Gasteiger partial charge in [0.25, 0.3) is 5.91 Å². The predicted octanol–water partition coefficient (Wildman–Crippen LogP) is 2.60. The first kappa shape index (κ1) is 18.5. The van der Waals surface area contributed by atoms with Crippen molar-refractivity contribution in [3.05, 3.63) is 65.7 Å². The van der Waals surface area contributed by atoms with Crippen LogP contribution in [0.2, 0.25) is 0 Å². The highest BCUT2D eigenvalue weighted by atomic mass is 16.3. The van der Waals surface area contributed by atoms with E-state index in [1.165, 1.54) is 24.3 Å². The molecule has 0 fully saturated rings. The normalized spacial score (nSPS) is 12.3. The second kappa shape index (κ2) is 7.83. The molecule has 0 saturated heterocycles. The largest absolute Gasteiger partial charge is 0.508 e. The predicted molar refractivity (Wildman–Crippen MR) is 97.5 cm³/mol. The molecule has 132 valence electrons. The third-order valence-electron chi connectivity index (χ3n) is 4.52. The summed E-state index contributed by atoms with van der Waals surface area (Å²) in [5.74, 6) is -0.514. The molecule has 0 spiro atoms. The van der Waals surface area contributed by atoms with Crippen molar-refractivity contribution in [3.63, 3.8) is 0 Å². The van der Waals surface area contributed by atoms with Gasteiger partial charge < -0.3 is 15.7 Å². The second-order valence-electron chi connectivity index (χ2n) is 6.61. The number of nitrogens with one attached hydrogen (secondary N) is 2. The molecule has 3 N–H and O–H groups in total. The van der Waals surface area contributed by atoms with Crippen LogP contribution in [0.25, 0.3) is 0 Å². The lowest BCUT2D eigenvalue weighted by Crippen LogP contribution is -2.48. The molecule has 2 aromatic rings. The van der Waals surface area contributed by atoms with Gasteiger partial charge in [-0.3, -0.25) is 9.59 Å². The van der Waals surface area contributed by atoms with Gasteiger partial charge in [-0.25, -0.2) is 0 Å². The molecule has 0 aromatic heterocycles. The van der Waals surface area contributed by atoms with Crippen LogP contribution in [0.4, 0.5) is 0 Å². The fourth-order valence-corrected chi connectivity index (χ4v) is 2.47. The Labute approximate surface area is 148 Å². The Kier molecular flexibility index (Phi) is 5.80. The van der Waals surface area contributed by atoms with Crippen LogP contribution in [-0.4, -0.2) is 29.5 Å². The quantitative estimate of drug-likeness (QED) is 0.756. The Morgan fingerprint density at radius 1 is 1.04 bits per heavy atom. The van der Waals surface area contributed by atoms with Crippen molar-refractivity contribution < 1.29 is 14.7 Å². The molecule has 2 aromatic carbocycles. The number of carbonyl (C=O) groups excluding carboxylic acids is 2. The van der Waals surface area contributed by atoms with Crippen molar-refractivity contribution >= 4 is 11.8 Å². The van der Waals surface area contributed by atoms with E-state index in [4.69, 9.17) is 0 Å². The van der Waals surface area contributed by atoms with Gasteiger partial charge >= 0.3 is 0 Å². The van der Waals surface area contributed by atoms with E-state index in [9.17, 15) is 14.7 Å². The fraction of sp³-hybridized carbons (Fsp3) is 0.300. The number of aromatic hydroxyl groups is 1. The summed E-state index contributed by atoms with van der Waals surface area (Å²) in [6.45, 7) is 5.99. The summed E-state index contributed by atoms with van der Waals surface area (Å²) in [5, 5.41) is 14.8. The second-order valence-corrected chi connectivity index (χ2v) is 6.61. The molecule has 5 nitrogen and oxygen atoms in total. The molecule has 0 aliphatic heterocycles. The summed E-state index contributed by atoms with van der Waals surface area (Å²) < 4.78 is 0. The highest BCUT2D eigenvalue weighted by Crippen LogP contribution is 2.26. The topological polar surface area (TPSA) is 78.4 Å². The van der Waals surface area contributed by atoms with Crippen molar-refractivity contribution in [2.45, 2.75) is 32.2 Å².